The number of aryl methyl sites for hydroxylation is 1. The van der Waals surface area contributed by atoms with Gasteiger partial charge in [0.2, 0.25) is 5.91 Å². The van der Waals surface area contributed by atoms with Crippen molar-refractivity contribution in [1.82, 2.24) is 5.32 Å². The lowest BCUT2D eigenvalue weighted by Crippen LogP contribution is -2.31. The molecule has 1 unspecified atom stereocenters. The molecule has 0 bridgehead atoms. The standard InChI is InChI=1S/C17H19NO3/c1-20-13-7-5-12(6-8-13)11-17(19)18-15-3-2-4-16-14(15)9-10-21-16/h5-10,15H,2-4,11H2,1H3,(H,18,19). The predicted octanol–water partition coefficient (Wildman–Crippen LogP) is 3.02. The first-order valence-electron chi connectivity index (χ1n) is 7.25. The first-order chi connectivity index (χ1) is 10.3. The lowest BCUT2D eigenvalue weighted by Gasteiger charge is -2.22. The van der Waals surface area contributed by atoms with Crippen LogP contribution in [0.1, 0.15) is 35.8 Å². The zero-order valence-electron chi connectivity index (χ0n) is 12.1. The van der Waals surface area contributed by atoms with Gasteiger partial charge in [0.25, 0.3) is 0 Å². The van der Waals surface area contributed by atoms with Gasteiger partial charge in [0.05, 0.1) is 25.8 Å². The van der Waals surface area contributed by atoms with Crippen molar-refractivity contribution in [2.24, 2.45) is 0 Å². The van der Waals surface area contributed by atoms with Crippen molar-refractivity contribution in [2.45, 2.75) is 31.7 Å². The third kappa shape index (κ3) is 3.10. The molecule has 1 atom stereocenters. The fraction of sp³-hybridized carbons (Fsp3) is 0.353. The molecule has 4 nitrogen and oxygen atoms in total. The van der Waals surface area contributed by atoms with E-state index in [1.165, 1.54) is 0 Å². The number of ether oxygens (including phenoxy) is 1. The number of rotatable bonds is 4. The molecule has 2 aromatic rings. The maximum Gasteiger partial charge on any atom is 0.224 e. The highest BCUT2D eigenvalue weighted by Crippen LogP contribution is 2.30. The van der Waals surface area contributed by atoms with Crippen LogP contribution >= 0.6 is 0 Å². The summed E-state index contributed by atoms with van der Waals surface area (Å²) in [5.41, 5.74) is 2.11. The van der Waals surface area contributed by atoms with Crippen molar-refractivity contribution in [3.63, 3.8) is 0 Å². The fourth-order valence-electron chi connectivity index (χ4n) is 2.81. The molecule has 0 aliphatic heterocycles. The first kappa shape index (κ1) is 13.7. The van der Waals surface area contributed by atoms with E-state index in [0.717, 1.165) is 41.9 Å². The zero-order chi connectivity index (χ0) is 14.7. The minimum atomic E-state index is 0.0409. The molecule has 1 heterocycles. The Morgan fingerprint density at radius 3 is 2.90 bits per heavy atom. The molecule has 1 N–H and O–H groups in total. The monoisotopic (exact) mass is 285 g/mol. The van der Waals surface area contributed by atoms with E-state index < -0.39 is 0 Å². The number of carbonyl (C=O) groups excluding carboxylic acids is 1. The number of amides is 1. The Balaban J connectivity index is 1.62. The number of furan rings is 1. The van der Waals surface area contributed by atoms with Gasteiger partial charge in [-0.25, -0.2) is 0 Å². The largest absolute Gasteiger partial charge is 0.497 e. The van der Waals surface area contributed by atoms with Crippen LogP contribution in [0, 0.1) is 0 Å². The Morgan fingerprint density at radius 2 is 2.14 bits per heavy atom. The molecule has 4 heteroatoms. The maximum absolute atomic E-state index is 12.2. The highest BCUT2D eigenvalue weighted by molar-refractivity contribution is 5.79. The van der Waals surface area contributed by atoms with Gasteiger partial charge in [-0.15, -0.1) is 0 Å². The van der Waals surface area contributed by atoms with Crippen LogP contribution in [0.15, 0.2) is 41.0 Å². The summed E-state index contributed by atoms with van der Waals surface area (Å²) in [6, 6.07) is 9.63. The van der Waals surface area contributed by atoms with E-state index >= 15 is 0 Å². The minimum absolute atomic E-state index is 0.0409. The summed E-state index contributed by atoms with van der Waals surface area (Å²) in [6.45, 7) is 0. The number of methoxy groups -OCH3 is 1. The van der Waals surface area contributed by atoms with Gasteiger partial charge >= 0.3 is 0 Å². The smallest absolute Gasteiger partial charge is 0.224 e. The van der Waals surface area contributed by atoms with Gasteiger partial charge in [-0.2, -0.15) is 0 Å². The van der Waals surface area contributed by atoms with Gasteiger partial charge in [0.1, 0.15) is 11.5 Å². The van der Waals surface area contributed by atoms with Crippen LogP contribution in [-0.2, 0) is 17.6 Å². The van der Waals surface area contributed by atoms with Crippen LogP contribution in [0.4, 0.5) is 0 Å². The third-order valence-corrected chi connectivity index (χ3v) is 3.91. The van der Waals surface area contributed by atoms with Crippen molar-refractivity contribution in [2.75, 3.05) is 7.11 Å². The van der Waals surface area contributed by atoms with Gasteiger partial charge in [0, 0.05) is 12.0 Å². The predicted molar refractivity (Wildman–Crippen MR) is 79.2 cm³/mol. The van der Waals surface area contributed by atoms with E-state index in [0.29, 0.717) is 6.42 Å². The van der Waals surface area contributed by atoms with Gasteiger partial charge < -0.3 is 14.5 Å². The lowest BCUT2D eigenvalue weighted by atomic mass is 9.93. The van der Waals surface area contributed by atoms with Gasteiger partial charge in [-0.05, 0) is 36.6 Å². The summed E-state index contributed by atoms with van der Waals surface area (Å²) >= 11 is 0. The zero-order valence-corrected chi connectivity index (χ0v) is 12.1. The summed E-state index contributed by atoms with van der Waals surface area (Å²) in [4.78, 5) is 12.2. The number of hydrogen-bond donors (Lipinski definition) is 1. The molecular formula is C17H19NO3. The van der Waals surface area contributed by atoms with Crippen LogP contribution in [-0.4, -0.2) is 13.0 Å². The maximum atomic E-state index is 12.2. The van der Waals surface area contributed by atoms with Crippen LogP contribution in [0.2, 0.25) is 0 Å². The first-order valence-corrected chi connectivity index (χ1v) is 7.25. The molecule has 3 rings (SSSR count). The van der Waals surface area contributed by atoms with Crippen molar-refractivity contribution >= 4 is 5.91 Å². The molecule has 1 aromatic heterocycles. The summed E-state index contributed by atoms with van der Waals surface area (Å²) in [7, 11) is 1.63. The molecule has 0 radical (unpaired) electrons. The molecule has 1 aliphatic carbocycles. The quantitative estimate of drug-likeness (QED) is 0.939. The molecule has 1 amide bonds. The summed E-state index contributed by atoms with van der Waals surface area (Å²) in [6.07, 6.45) is 5.08. The summed E-state index contributed by atoms with van der Waals surface area (Å²) < 4.78 is 10.6. The van der Waals surface area contributed by atoms with Crippen LogP contribution < -0.4 is 10.1 Å². The number of benzene rings is 1. The Bertz CT molecular complexity index is 615. The average molecular weight is 285 g/mol. The number of fused-ring (bicyclic) bond motifs is 1. The number of nitrogens with one attached hydrogen (secondary N) is 1. The third-order valence-electron chi connectivity index (χ3n) is 3.91. The molecular weight excluding hydrogens is 266 g/mol. The van der Waals surface area contributed by atoms with E-state index in [-0.39, 0.29) is 11.9 Å². The second-order valence-electron chi connectivity index (χ2n) is 5.34. The Labute approximate surface area is 124 Å². The topological polar surface area (TPSA) is 51.5 Å². The molecule has 0 spiro atoms. The van der Waals surface area contributed by atoms with Crippen molar-refractivity contribution < 1.29 is 13.9 Å². The van der Waals surface area contributed by atoms with E-state index in [1.807, 2.05) is 30.3 Å². The van der Waals surface area contributed by atoms with E-state index in [2.05, 4.69) is 5.32 Å². The van der Waals surface area contributed by atoms with Crippen LogP contribution in [0.25, 0.3) is 0 Å². The Kier molecular flexibility index (Phi) is 3.95. The molecule has 0 fully saturated rings. The molecule has 0 saturated carbocycles. The second kappa shape index (κ2) is 6.04. The van der Waals surface area contributed by atoms with Crippen molar-refractivity contribution in [1.29, 1.82) is 0 Å². The van der Waals surface area contributed by atoms with Gasteiger partial charge in [0.15, 0.2) is 0 Å². The minimum Gasteiger partial charge on any atom is -0.497 e. The van der Waals surface area contributed by atoms with E-state index in [9.17, 15) is 4.79 Å². The van der Waals surface area contributed by atoms with E-state index in [4.69, 9.17) is 9.15 Å². The molecule has 21 heavy (non-hydrogen) atoms. The molecule has 1 aliphatic rings. The van der Waals surface area contributed by atoms with Crippen LogP contribution in [0.5, 0.6) is 5.75 Å². The molecule has 0 saturated heterocycles. The lowest BCUT2D eigenvalue weighted by molar-refractivity contribution is -0.121. The fourth-order valence-corrected chi connectivity index (χ4v) is 2.81. The average Bonchev–Trinajstić information content (AvgIpc) is 2.97. The highest BCUT2D eigenvalue weighted by atomic mass is 16.5. The van der Waals surface area contributed by atoms with Gasteiger partial charge in [-0.1, -0.05) is 12.1 Å². The highest BCUT2D eigenvalue weighted by Gasteiger charge is 2.23. The number of carbonyl (C=O) groups is 1. The molecule has 110 valence electrons. The van der Waals surface area contributed by atoms with Crippen molar-refractivity contribution in [3.8, 4) is 5.75 Å². The Hall–Kier alpha value is -2.23. The normalized spacial score (nSPS) is 17.1. The summed E-state index contributed by atoms with van der Waals surface area (Å²) in [5, 5.41) is 3.11. The Morgan fingerprint density at radius 1 is 1.33 bits per heavy atom. The number of hydrogen-bond acceptors (Lipinski definition) is 3. The molecule has 1 aromatic carbocycles. The van der Waals surface area contributed by atoms with Gasteiger partial charge in [-0.3, -0.25) is 4.79 Å². The van der Waals surface area contributed by atoms with Crippen LogP contribution in [0.3, 0.4) is 0 Å². The van der Waals surface area contributed by atoms with Crippen molar-refractivity contribution in [3.05, 3.63) is 53.5 Å². The summed E-state index contributed by atoms with van der Waals surface area (Å²) in [5.74, 6) is 1.85. The SMILES string of the molecule is COc1ccc(CC(=O)NC2CCCc3occc32)cc1. The van der Waals surface area contributed by atoms with E-state index in [1.54, 1.807) is 13.4 Å². The second-order valence-corrected chi connectivity index (χ2v) is 5.34.